The van der Waals surface area contributed by atoms with E-state index in [1.807, 2.05) is 0 Å². The SMILES string of the molecule is CN1CCN(Cc2cnc(NN)cn2)C1=O. The number of nitrogens with zero attached hydrogens (tertiary/aromatic N) is 4. The molecule has 3 N–H and O–H groups in total. The number of urea groups is 1. The largest absolute Gasteiger partial charge is 0.326 e. The van der Waals surface area contributed by atoms with Crippen LogP contribution in [0.25, 0.3) is 0 Å². The predicted molar refractivity (Wildman–Crippen MR) is 58.3 cm³/mol. The Morgan fingerprint density at radius 3 is 2.75 bits per heavy atom. The fourth-order valence-corrected chi connectivity index (χ4v) is 1.56. The summed E-state index contributed by atoms with van der Waals surface area (Å²) < 4.78 is 0. The van der Waals surface area contributed by atoms with E-state index in [2.05, 4.69) is 15.4 Å². The van der Waals surface area contributed by atoms with Gasteiger partial charge in [0.2, 0.25) is 0 Å². The van der Waals surface area contributed by atoms with Gasteiger partial charge in [-0.3, -0.25) is 4.98 Å². The molecule has 1 fully saturated rings. The predicted octanol–water partition coefficient (Wildman–Crippen LogP) is -0.370. The minimum absolute atomic E-state index is 0.0304. The molecular weight excluding hydrogens is 208 g/mol. The molecule has 2 heterocycles. The average molecular weight is 222 g/mol. The zero-order valence-corrected chi connectivity index (χ0v) is 9.05. The fraction of sp³-hybridized carbons (Fsp3) is 0.444. The highest BCUT2D eigenvalue weighted by atomic mass is 16.2. The number of hydrogen-bond acceptors (Lipinski definition) is 5. The normalized spacial score (nSPS) is 15.8. The number of hydrazine groups is 1. The molecule has 0 unspecified atom stereocenters. The summed E-state index contributed by atoms with van der Waals surface area (Å²) in [5.74, 6) is 5.69. The Bertz CT molecular complexity index is 378. The number of nitrogens with two attached hydrogens (primary N) is 1. The molecule has 1 aliphatic rings. The van der Waals surface area contributed by atoms with Gasteiger partial charge in [0.05, 0.1) is 24.6 Å². The van der Waals surface area contributed by atoms with E-state index < -0.39 is 0 Å². The van der Waals surface area contributed by atoms with Gasteiger partial charge in [-0.25, -0.2) is 15.6 Å². The number of hydrogen-bond donors (Lipinski definition) is 2. The molecule has 7 heteroatoms. The van der Waals surface area contributed by atoms with Crippen molar-refractivity contribution in [3.8, 4) is 0 Å². The van der Waals surface area contributed by atoms with Crippen molar-refractivity contribution in [3.05, 3.63) is 18.1 Å². The number of nitrogens with one attached hydrogen (secondary N) is 1. The molecule has 0 bridgehead atoms. The minimum Gasteiger partial charge on any atom is -0.326 e. The van der Waals surface area contributed by atoms with E-state index in [1.54, 1.807) is 29.2 Å². The number of carbonyl (C=O) groups is 1. The van der Waals surface area contributed by atoms with Crippen molar-refractivity contribution in [2.24, 2.45) is 5.84 Å². The highest BCUT2D eigenvalue weighted by molar-refractivity contribution is 5.76. The van der Waals surface area contributed by atoms with Crippen LogP contribution in [0.15, 0.2) is 12.4 Å². The van der Waals surface area contributed by atoms with Crippen LogP contribution in [0.5, 0.6) is 0 Å². The third-order valence-electron chi connectivity index (χ3n) is 2.51. The van der Waals surface area contributed by atoms with Gasteiger partial charge in [0, 0.05) is 20.1 Å². The van der Waals surface area contributed by atoms with Crippen LogP contribution in [-0.2, 0) is 6.54 Å². The highest BCUT2D eigenvalue weighted by Gasteiger charge is 2.25. The van der Waals surface area contributed by atoms with Gasteiger partial charge in [-0.1, -0.05) is 0 Å². The number of anilines is 1. The smallest absolute Gasteiger partial charge is 0.320 e. The van der Waals surface area contributed by atoms with Gasteiger partial charge in [-0.05, 0) is 0 Å². The summed E-state index contributed by atoms with van der Waals surface area (Å²) in [5, 5.41) is 0. The lowest BCUT2D eigenvalue weighted by molar-refractivity contribution is 0.196. The fourth-order valence-electron chi connectivity index (χ4n) is 1.56. The molecule has 1 aromatic heterocycles. The van der Waals surface area contributed by atoms with Crippen LogP contribution in [0.3, 0.4) is 0 Å². The van der Waals surface area contributed by atoms with E-state index in [9.17, 15) is 4.79 Å². The second-order valence-electron chi connectivity index (χ2n) is 3.66. The number of amides is 2. The maximum Gasteiger partial charge on any atom is 0.320 e. The van der Waals surface area contributed by atoms with E-state index in [-0.39, 0.29) is 6.03 Å². The molecule has 16 heavy (non-hydrogen) atoms. The Morgan fingerprint density at radius 1 is 1.44 bits per heavy atom. The maximum atomic E-state index is 11.6. The first-order chi connectivity index (χ1) is 7.70. The highest BCUT2D eigenvalue weighted by Crippen LogP contribution is 2.10. The van der Waals surface area contributed by atoms with E-state index in [0.717, 1.165) is 18.8 Å². The molecule has 0 aromatic carbocycles. The van der Waals surface area contributed by atoms with Crippen LogP contribution in [0, 0.1) is 0 Å². The topological polar surface area (TPSA) is 87.4 Å². The van der Waals surface area contributed by atoms with Gasteiger partial charge >= 0.3 is 6.03 Å². The van der Waals surface area contributed by atoms with Gasteiger partial charge in [-0.15, -0.1) is 0 Å². The van der Waals surface area contributed by atoms with E-state index in [1.165, 1.54) is 0 Å². The number of nitrogen functional groups attached to an aromatic ring is 1. The molecule has 1 aliphatic heterocycles. The molecule has 0 atom stereocenters. The second-order valence-corrected chi connectivity index (χ2v) is 3.66. The van der Waals surface area contributed by atoms with Crippen molar-refractivity contribution >= 4 is 11.8 Å². The van der Waals surface area contributed by atoms with Gasteiger partial charge in [0.1, 0.15) is 0 Å². The first-order valence-corrected chi connectivity index (χ1v) is 4.98. The Balaban J connectivity index is 2.01. The van der Waals surface area contributed by atoms with Crippen molar-refractivity contribution < 1.29 is 4.79 Å². The molecule has 1 aromatic rings. The first-order valence-electron chi connectivity index (χ1n) is 4.98. The lowest BCUT2D eigenvalue weighted by atomic mass is 10.4. The lowest BCUT2D eigenvalue weighted by Gasteiger charge is -2.15. The molecule has 0 radical (unpaired) electrons. The monoisotopic (exact) mass is 222 g/mol. The van der Waals surface area contributed by atoms with Crippen molar-refractivity contribution in [1.82, 2.24) is 19.8 Å². The molecule has 0 saturated carbocycles. The molecular formula is C9H14N6O. The van der Waals surface area contributed by atoms with E-state index in [0.29, 0.717) is 12.4 Å². The van der Waals surface area contributed by atoms with Crippen LogP contribution < -0.4 is 11.3 Å². The van der Waals surface area contributed by atoms with Crippen LogP contribution in [0.2, 0.25) is 0 Å². The zero-order valence-electron chi connectivity index (χ0n) is 9.05. The number of aromatic nitrogens is 2. The Labute approximate surface area is 93.2 Å². The van der Waals surface area contributed by atoms with E-state index >= 15 is 0 Å². The van der Waals surface area contributed by atoms with Gasteiger partial charge in [-0.2, -0.15) is 0 Å². The number of rotatable bonds is 3. The molecule has 0 aliphatic carbocycles. The lowest BCUT2D eigenvalue weighted by Crippen LogP contribution is -2.29. The molecule has 86 valence electrons. The minimum atomic E-state index is 0.0304. The zero-order chi connectivity index (χ0) is 11.5. The molecule has 7 nitrogen and oxygen atoms in total. The first kappa shape index (κ1) is 10.6. The van der Waals surface area contributed by atoms with Crippen molar-refractivity contribution in [2.75, 3.05) is 25.6 Å². The second kappa shape index (κ2) is 4.31. The van der Waals surface area contributed by atoms with Crippen molar-refractivity contribution in [3.63, 3.8) is 0 Å². The summed E-state index contributed by atoms with van der Waals surface area (Å²) in [6, 6.07) is 0.0304. The summed E-state index contributed by atoms with van der Waals surface area (Å²) in [7, 11) is 1.79. The maximum absolute atomic E-state index is 11.6. The third-order valence-corrected chi connectivity index (χ3v) is 2.51. The van der Waals surface area contributed by atoms with Crippen LogP contribution in [0.4, 0.5) is 10.6 Å². The van der Waals surface area contributed by atoms with Gasteiger partial charge in [0.15, 0.2) is 5.82 Å². The summed E-state index contributed by atoms with van der Waals surface area (Å²) in [4.78, 5) is 23.2. The van der Waals surface area contributed by atoms with Crippen LogP contribution in [0.1, 0.15) is 5.69 Å². The molecule has 1 saturated heterocycles. The Morgan fingerprint density at radius 2 is 2.25 bits per heavy atom. The summed E-state index contributed by atoms with van der Waals surface area (Å²) in [6.45, 7) is 1.98. The Kier molecular flexibility index (Phi) is 2.86. The van der Waals surface area contributed by atoms with Crippen molar-refractivity contribution in [2.45, 2.75) is 6.54 Å². The number of likely N-dealkylation sites (N-methyl/N-ethyl adjacent to an activating group) is 1. The summed E-state index contributed by atoms with van der Waals surface area (Å²) in [6.07, 6.45) is 3.15. The summed E-state index contributed by atoms with van der Waals surface area (Å²) in [5.41, 5.74) is 3.15. The van der Waals surface area contributed by atoms with Gasteiger partial charge < -0.3 is 15.2 Å². The molecule has 2 rings (SSSR count). The number of carbonyl (C=O) groups excluding carboxylic acids is 1. The molecule has 0 spiro atoms. The Hall–Kier alpha value is -1.89. The van der Waals surface area contributed by atoms with Crippen molar-refractivity contribution in [1.29, 1.82) is 0 Å². The van der Waals surface area contributed by atoms with Crippen LogP contribution in [-0.4, -0.2) is 45.9 Å². The summed E-state index contributed by atoms with van der Waals surface area (Å²) >= 11 is 0. The van der Waals surface area contributed by atoms with E-state index in [4.69, 9.17) is 5.84 Å². The molecule has 2 amide bonds. The quantitative estimate of drug-likeness (QED) is 0.538. The average Bonchev–Trinajstić information content (AvgIpc) is 2.62. The third kappa shape index (κ3) is 2.03. The van der Waals surface area contributed by atoms with Gasteiger partial charge in [0.25, 0.3) is 0 Å². The van der Waals surface area contributed by atoms with Crippen LogP contribution >= 0.6 is 0 Å². The standard InChI is InChI=1S/C9H14N6O/c1-14-2-3-15(9(14)16)6-7-4-12-8(13-10)5-11-7/h4-5H,2-3,6,10H2,1H3,(H,12,13).